The maximum absolute atomic E-state index is 6.00. The molecule has 0 spiro atoms. The van der Waals surface area contributed by atoms with Gasteiger partial charge in [-0.05, 0) is 25.3 Å². The van der Waals surface area contributed by atoms with Gasteiger partial charge in [0.1, 0.15) is 0 Å². The summed E-state index contributed by atoms with van der Waals surface area (Å²) in [5.41, 5.74) is 6.00. The smallest absolute Gasteiger partial charge is 0.0120 e. The molecule has 1 aliphatic heterocycles. The van der Waals surface area contributed by atoms with Gasteiger partial charge in [0.15, 0.2) is 0 Å². The van der Waals surface area contributed by atoms with Crippen molar-refractivity contribution in [3.05, 3.63) is 12.2 Å². The second-order valence-electron chi connectivity index (χ2n) is 3.88. The fourth-order valence-electron chi connectivity index (χ4n) is 2.31. The number of fused-ring (bicyclic) bond motifs is 1. The van der Waals surface area contributed by atoms with Crippen molar-refractivity contribution in [3.8, 4) is 0 Å². The van der Waals surface area contributed by atoms with Crippen molar-refractivity contribution in [3.63, 3.8) is 0 Å². The topological polar surface area (TPSA) is 29.3 Å². The van der Waals surface area contributed by atoms with Crippen molar-refractivity contribution < 1.29 is 0 Å². The van der Waals surface area contributed by atoms with Crippen LogP contribution in [0.5, 0.6) is 0 Å². The van der Waals surface area contributed by atoms with Crippen molar-refractivity contribution in [1.82, 2.24) is 4.90 Å². The van der Waals surface area contributed by atoms with Crippen LogP contribution in [0.1, 0.15) is 6.42 Å². The average molecular weight is 152 g/mol. The van der Waals surface area contributed by atoms with Crippen LogP contribution in [0.15, 0.2) is 12.2 Å². The second kappa shape index (κ2) is 2.61. The van der Waals surface area contributed by atoms with Crippen LogP contribution in [0, 0.1) is 11.8 Å². The second-order valence-corrected chi connectivity index (χ2v) is 3.88. The minimum Gasteiger partial charge on any atom is -0.327 e. The molecule has 11 heavy (non-hydrogen) atoms. The monoisotopic (exact) mass is 152 g/mol. The Kier molecular flexibility index (Phi) is 1.74. The Labute approximate surface area is 68.1 Å². The fraction of sp³-hybridized carbons (Fsp3) is 0.778. The molecule has 0 aromatic carbocycles. The molecule has 2 aliphatic rings. The minimum atomic E-state index is 0.412. The molecular weight excluding hydrogens is 136 g/mol. The Hall–Kier alpha value is -0.340. The first-order valence-corrected chi connectivity index (χ1v) is 4.38. The third kappa shape index (κ3) is 1.21. The van der Waals surface area contributed by atoms with Crippen LogP contribution in [-0.4, -0.2) is 31.1 Å². The number of hydrogen-bond acceptors (Lipinski definition) is 2. The summed E-state index contributed by atoms with van der Waals surface area (Å²) in [5.74, 6) is 1.47. The van der Waals surface area contributed by atoms with Crippen LogP contribution in [0.2, 0.25) is 0 Å². The first-order chi connectivity index (χ1) is 5.27. The van der Waals surface area contributed by atoms with Crippen LogP contribution >= 0.6 is 0 Å². The molecule has 0 radical (unpaired) electrons. The van der Waals surface area contributed by atoms with Gasteiger partial charge >= 0.3 is 0 Å². The summed E-state index contributed by atoms with van der Waals surface area (Å²) in [4.78, 5) is 2.38. The van der Waals surface area contributed by atoms with Crippen LogP contribution in [0.25, 0.3) is 0 Å². The highest BCUT2D eigenvalue weighted by Gasteiger charge is 2.34. The van der Waals surface area contributed by atoms with Gasteiger partial charge in [0.2, 0.25) is 0 Å². The Bertz CT molecular complexity index is 176. The van der Waals surface area contributed by atoms with Gasteiger partial charge < -0.3 is 10.6 Å². The molecule has 3 atom stereocenters. The molecule has 1 aliphatic carbocycles. The van der Waals surface area contributed by atoms with E-state index in [0.29, 0.717) is 6.04 Å². The van der Waals surface area contributed by atoms with Crippen LogP contribution in [-0.2, 0) is 0 Å². The SMILES string of the molecule is CN1CC2C=CCC(N)C2C1. The van der Waals surface area contributed by atoms with Crippen molar-refractivity contribution in [2.24, 2.45) is 17.6 Å². The van der Waals surface area contributed by atoms with Crippen molar-refractivity contribution in [2.45, 2.75) is 12.5 Å². The van der Waals surface area contributed by atoms with E-state index in [0.717, 1.165) is 18.3 Å². The Balaban J connectivity index is 2.13. The molecule has 1 saturated heterocycles. The standard InChI is InChI=1S/C9H16N2/c1-11-5-7-3-2-4-9(10)8(7)6-11/h2-3,7-9H,4-6,10H2,1H3. The quantitative estimate of drug-likeness (QED) is 0.511. The van der Waals surface area contributed by atoms with E-state index in [1.54, 1.807) is 0 Å². The Morgan fingerprint density at radius 1 is 1.45 bits per heavy atom. The van der Waals surface area contributed by atoms with Crippen LogP contribution < -0.4 is 5.73 Å². The molecule has 0 bridgehead atoms. The van der Waals surface area contributed by atoms with Crippen LogP contribution in [0.3, 0.4) is 0 Å². The normalized spacial score (nSPS) is 44.4. The predicted octanol–water partition coefficient (Wildman–Crippen LogP) is 0.451. The third-order valence-electron chi connectivity index (χ3n) is 2.94. The molecule has 0 saturated carbocycles. The summed E-state index contributed by atoms with van der Waals surface area (Å²) in [6.07, 6.45) is 5.66. The summed E-state index contributed by atoms with van der Waals surface area (Å²) in [5, 5.41) is 0. The first kappa shape index (κ1) is 7.32. The van der Waals surface area contributed by atoms with E-state index in [2.05, 4.69) is 24.1 Å². The minimum absolute atomic E-state index is 0.412. The number of nitrogens with two attached hydrogens (primary N) is 1. The van der Waals surface area contributed by atoms with Crippen molar-refractivity contribution in [2.75, 3.05) is 20.1 Å². The van der Waals surface area contributed by atoms with Gasteiger partial charge in [-0.2, -0.15) is 0 Å². The molecule has 3 unspecified atom stereocenters. The molecule has 0 aromatic rings. The lowest BCUT2D eigenvalue weighted by molar-refractivity contribution is 0.357. The number of rotatable bonds is 0. The molecule has 2 N–H and O–H groups in total. The molecule has 1 fully saturated rings. The zero-order chi connectivity index (χ0) is 7.84. The van der Waals surface area contributed by atoms with E-state index < -0.39 is 0 Å². The lowest BCUT2D eigenvalue weighted by atomic mass is 9.83. The summed E-state index contributed by atoms with van der Waals surface area (Å²) < 4.78 is 0. The lowest BCUT2D eigenvalue weighted by Gasteiger charge is -2.25. The van der Waals surface area contributed by atoms with E-state index in [1.165, 1.54) is 13.1 Å². The zero-order valence-electron chi connectivity index (χ0n) is 7.03. The number of hydrogen-bond donors (Lipinski definition) is 1. The summed E-state index contributed by atoms with van der Waals surface area (Å²) >= 11 is 0. The molecule has 2 nitrogen and oxygen atoms in total. The molecule has 1 heterocycles. The highest BCUT2D eigenvalue weighted by molar-refractivity contribution is 5.06. The molecule has 62 valence electrons. The lowest BCUT2D eigenvalue weighted by Crippen LogP contribution is -2.36. The molecular formula is C9H16N2. The maximum atomic E-state index is 6.00. The molecule has 0 amide bonds. The van der Waals surface area contributed by atoms with E-state index in [9.17, 15) is 0 Å². The van der Waals surface area contributed by atoms with E-state index in [4.69, 9.17) is 5.73 Å². The zero-order valence-corrected chi connectivity index (χ0v) is 7.03. The van der Waals surface area contributed by atoms with Gasteiger partial charge in [0.25, 0.3) is 0 Å². The molecule has 2 rings (SSSR count). The van der Waals surface area contributed by atoms with Crippen molar-refractivity contribution in [1.29, 1.82) is 0 Å². The van der Waals surface area contributed by atoms with Gasteiger partial charge in [-0.15, -0.1) is 0 Å². The summed E-state index contributed by atoms with van der Waals surface area (Å²) in [6, 6.07) is 0.412. The van der Waals surface area contributed by atoms with Gasteiger partial charge in [0.05, 0.1) is 0 Å². The van der Waals surface area contributed by atoms with Crippen LogP contribution in [0.4, 0.5) is 0 Å². The van der Waals surface area contributed by atoms with E-state index in [1.807, 2.05) is 0 Å². The molecule has 2 heteroatoms. The average Bonchev–Trinajstić information content (AvgIpc) is 2.31. The number of likely N-dealkylation sites (tertiary alicyclic amines) is 1. The first-order valence-electron chi connectivity index (χ1n) is 4.38. The van der Waals surface area contributed by atoms with Gasteiger partial charge in [-0.1, -0.05) is 12.2 Å². The summed E-state index contributed by atoms with van der Waals surface area (Å²) in [7, 11) is 2.18. The van der Waals surface area contributed by atoms with Crippen molar-refractivity contribution >= 4 is 0 Å². The highest BCUT2D eigenvalue weighted by atomic mass is 15.1. The largest absolute Gasteiger partial charge is 0.327 e. The summed E-state index contributed by atoms with van der Waals surface area (Å²) in [6.45, 7) is 2.39. The molecule has 0 aromatic heterocycles. The maximum Gasteiger partial charge on any atom is 0.0120 e. The fourth-order valence-corrected chi connectivity index (χ4v) is 2.31. The van der Waals surface area contributed by atoms with E-state index >= 15 is 0 Å². The van der Waals surface area contributed by atoms with Gasteiger partial charge in [0, 0.05) is 19.1 Å². The van der Waals surface area contributed by atoms with E-state index in [-0.39, 0.29) is 0 Å². The van der Waals surface area contributed by atoms with Gasteiger partial charge in [-0.3, -0.25) is 0 Å². The Morgan fingerprint density at radius 3 is 3.00 bits per heavy atom. The number of nitrogens with zero attached hydrogens (tertiary/aromatic N) is 1. The predicted molar refractivity (Wildman–Crippen MR) is 46.2 cm³/mol. The Morgan fingerprint density at radius 2 is 2.27 bits per heavy atom. The highest BCUT2D eigenvalue weighted by Crippen LogP contribution is 2.30. The third-order valence-corrected chi connectivity index (χ3v) is 2.94. The van der Waals surface area contributed by atoms with Gasteiger partial charge in [-0.25, -0.2) is 0 Å².